The summed E-state index contributed by atoms with van der Waals surface area (Å²) >= 11 is 0. The fourth-order valence-corrected chi connectivity index (χ4v) is 2.15. The van der Waals surface area contributed by atoms with Crippen LogP contribution in [0.5, 0.6) is 0 Å². The molecule has 0 aliphatic rings. The molecule has 0 spiro atoms. The van der Waals surface area contributed by atoms with Crippen molar-refractivity contribution < 1.29 is 13.6 Å². The first kappa shape index (κ1) is 11.6. The Bertz CT molecular complexity index is 777. The maximum atomic E-state index is 13.3. The van der Waals surface area contributed by atoms with Gasteiger partial charge in [0.15, 0.2) is 17.9 Å². The molecule has 94 valence electrons. The van der Waals surface area contributed by atoms with Gasteiger partial charge in [0.2, 0.25) is 0 Å². The van der Waals surface area contributed by atoms with Crippen LogP contribution in [0.15, 0.2) is 48.7 Å². The number of nitrogens with zero attached hydrogens (tertiary/aromatic N) is 1. The van der Waals surface area contributed by atoms with Crippen LogP contribution in [-0.4, -0.2) is 10.9 Å². The van der Waals surface area contributed by atoms with Crippen molar-refractivity contribution in [3.8, 4) is 5.69 Å². The van der Waals surface area contributed by atoms with E-state index in [2.05, 4.69) is 0 Å². The van der Waals surface area contributed by atoms with Crippen LogP contribution in [-0.2, 0) is 0 Å². The normalized spacial score (nSPS) is 10.8. The molecular weight excluding hydrogens is 248 g/mol. The minimum Gasteiger partial charge on any atom is -0.316 e. The maximum Gasteiger partial charge on any atom is 0.160 e. The molecule has 0 N–H and O–H groups in total. The van der Waals surface area contributed by atoms with E-state index >= 15 is 0 Å². The molecule has 0 radical (unpaired) electrons. The summed E-state index contributed by atoms with van der Waals surface area (Å²) in [5, 5.41) is 0.780. The van der Waals surface area contributed by atoms with Crippen LogP contribution in [0.1, 0.15) is 10.4 Å². The Morgan fingerprint density at radius 2 is 1.84 bits per heavy atom. The summed E-state index contributed by atoms with van der Waals surface area (Å²) in [5.74, 6) is -1.78. The first-order valence-electron chi connectivity index (χ1n) is 5.71. The van der Waals surface area contributed by atoms with Gasteiger partial charge < -0.3 is 4.57 Å². The van der Waals surface area contributed by atoms with Crippen LogP contribution in [0.4, 0.5) is 8.78 Å². The molecule has 0 aliphatic carbocycles. The minimum absolute atomic E-state index is 0.511. The van der Waals surface area contributed by atoms with Gasteiger partial charge in [0.25, 0.3) is 0 Å². The van der Waals surface area contributed by atoms with Crippen molar-refractivity contribution in [2.45, 2.75) is 0 Å². The smallest absolute Gasteiger partial charge is 0.160 e. The highest BCUT2D eigenvalue weighted by Crippen LogP contribution is 2.23. The summed E-state index contributed by atoms with van der Waals surface area (Å²) in [7, 11) is 0. The first-order chi connectivity index (χ1) is 9.20. The molecule has 0 unspecified atom stereocenters. The second kappa shape index (κ2) is 4.31. The highest BCUT2D eigenvalue weighted by Gasteiger charge is 2.08. The Morgan fingerprint density at radius 3 is 2.58 bits per heavy atom. The summed E-state index contributed by atoms with van der Waals surface area (Å²) in [5.41, 5.74) is 1.85. The number of hydrogen-bond donors (Lipinski definition) is 0. The van der Waals surface area contributed by atoms with E-state index in [1.54, 1.807) is 29.0 Å². The predicted molar refractivity (Wildman–Crippen MR) is 68.6 cm³/mol. The number of aldehydes is 1. The average molecular weight is 257 g/mol. The van der Waals surface area contributed by atoms with Crippen LogP contribution < -0.4 is 0 Å². The summed E-state index contributed by atoms with van der Waals surface area (Å²) in [6.07, 6.45) is 2.50. The van der Waals surface area contributed by atoms with Crippen LogP contribution >= 0.6 is 0 Å². The molecule has 1 heterocycles. The number of fused-ring (bicyclic) bond motifs is 1. The maximum absolute atomic E-state index is 13.3. The molecule has 2 nitrogen and oxygen atoms in total. The van der Waals surface area contributed by atoms with E-state index in [1.165, 1.54) is 6.07 Å². The zero-order chi connectivity index (χ0) is 13.4. The molecule has 0 saturated heterocycles. The highest BCUT2D eigenvalue weighted by atomic mass is 19.2. The van der Waals surface area contributed by atoms with E-state index in [1.807, 2.05) is 6.07 Å². The average Bonchev–Trinajstić information content (AvgIpc) is 2.85. The van der Waals surface area contributed by atoms with Crippen molar-refractivity contribution in [2.75, 3.05) is 0 Å². The fraction of sp³-hybridized carbons (Fsp3) is 0. The summed E-state index contributed by atoms with van der Waals surface area (Å²) in [6.45, 7) is 0. The van der Waals surface area contributed by atoms with Gasteiger partial charge in [-0.25, -0.2) is 8.78 Å². The molecule has 19 heavy (non-hydrogen) atoms. The first-order valence-corrected chi connectivity index (χ1v) is 5.71. The monoisotopic (exact) mass is 257 g/mol. The van der Waals surface area contributed by atoms with E-state index in [-0.39, 0.29) is 0 Å². The van der Waals surface area contributed by atoms with Crippen LogP contribution in [0.25, 0.3) is 16.6 Å². The van der Waals surface area contributed by atoms with E-state index in [9.17, 15) is 13.6 Å². The van der Waals surface area contributed by atoms with Gasteiger partial charge in [-0.05, 0) is 24.3 Å². The molecule has 2 aromatic carbocycles. The minimum atomic E-state index is -0.897. The van der Waals surface area contributed by atoms with Gasteiger partial charge in [-0.3, -0.25) is 4.79 Å². The molecule has 0 aliphatic heterocycles. The molecule has 4 heteroatoms. The van der Waals surface area contributed by atoms with E-state index in [4.69, 9.17) is 0 Å². The summed E-state index contributed by atoms with van der Waals surface area (Å²) in [4.78, 5) is 10.9. The molecular formula is C15H9F2NO. The number of benzene rings is 2. The van der Waals surface area contributed by atoms with Gasteiger partial charge in [-0.1, -0.05) is 12.1 Å². The third-order valence-electron chi connectivity index (χ3n) is 3.07. The lowest BCUT2D eigenvalue weighted by atomic mass is 10.1. The van der Waals surface area contributed by atoms with Gasteiger partial charge in [0, 0.05) is 28.9 Å². The molecule has 0 saturated carbocycles. The van der Waals surface area contributed by atoms with Gasteiger partial charge in [0.1, 0.15) is 0 Å². The lowest BCUT2D eigenvalue weighted by Gasteiger charge is -2.06. The third-order valence-corrected chi connectivity index (χ3v) is 3.07. The van der Waals surface area contributed by atoms with Crippen LogP contribution in [0, 0.1) is 11.6 Å². The standard InChI is InChI=1S/C15H9F2NO/c16-13-5-4-11(8-14(13)17)18-7-6-12-10(9-19)2-1-3-15(12)18/h1-9H. The lowest BCUT2D eigenvalue weighted by Crippen LogP contribution is -1.94. The fourth-order valence-electron chi connectivity index (χ4n) is 2.15. The van der Waals surface area contributed by atoms with Crippen LogP contribution in [0.3, 0.4) is 0 Å². The lowest BCUT2D eigenvalue weighted by molar-refractivity contribution is 0.112. The number of aromatic nitrogens is 1. The molecule has 3 aromatic rings. The Kier molecular flexibility index (Phi) is 2.63. The van der Waals surface area contributed by atoms with Crippen molar-refractivity contribution in [3.05, 3.63) is 65.9 Å². The largest absolute Gasteiger partial charge is 0.316 e. The zero-order valence-corrected chi connectivity index (χ0v) is 9.81. The quantitative estimate of drug-likeness (QED) is 0.641. The van der Waals surface area contributed by atoms with Crippen molar-refractivity contribution in [3.63, 3.8) is 0 Å². The van der Waals surface area contributed by atoms with Crippen molar-refractivity contribution >= 4 is 17.2 Å². The zero-order valence-electron chi connectivity index (χ0n) is 9.81. The van der Waals surface area contributed by atoms with Gasteiger partial charge in [-0.15, -0.1) is 0 Å². The van der Waals surface area contributed by atoms with E-state index in [0.29, 0.717) is 11.3 Å². The van der Waals surface area contributed by atoms with Crippen molar-refractivity contribution in [2.24, 2.45) is 0 Å². The second-order valence-corrected chi connectivity index (χ2v) is 4.18. The molecule has 3 rings (SSSR count). The van der Waals surface area contributed by atoms with Crippen molar-refractivity contribution in [1.82, 2.24) is 4.57 Å². The SMILES string of the molecule is O=Cc1cccc2c1ccn2-c1ccc(F)c(F)c1. The Labute approximate surface area is 107 Å². The number of rotatable bonds is 2. The van der Waals surface area contributed by atoms with Gasteiger partial charge in [0.05, 0.1) is 5.52 Å². The molecule has 0 bridgehead atoms. The van der Waals surface area contributed by atoms with Gasteiger partial charge in [-0.2, -0.15) is 0 Å². The Balaban J connectivity index is 2.25. The van der Waals surface area contributed by atoms with E-state index < -0.39 is 11.6 Å². The molecule has 0 amide bonds. The summed E-state index contributed by atoms with van der Waals surface area (Å²) in [6, 6.07) is 10.8. The molecule has 1 aromatic heterocycles. The van der Waals surface area contributed by atoms with Crippen LogP contribution in [0.2, 0.25) is 0 Å². The Hall–Kier alpha value is -2.49. The predicted octanol–water partition coefficient (Wildman–Crippen LogP) is 3.72. The third kappa shape index (κ3) is 1.81. The highest BCUT2D eigenvalue weighted by molar-refractivity contribution is 5.97. The van der Waals surface area contributed by atoms with Gasteiger partial charge >= 0.3 is 0 Å². The Morgan fingerprint density at radius 1 is 1.00 bits per heavy atom. The molecule has 0 atom stereocenters. The van der Waals surface area contributed by atoms with E-state index in [0.717, 1.165) is 29.3 Å². The number of hydrogen-bond acceptors (Lipinski definition) is 1. The number of halogens is 2. The number of carbonyl (C=O) groups excluding carboxylic acids is 1. The summed E-state index contributed by atoms with van der Waals surface area (Å²) < 4.78 is 27.9. The topological polar surface area (TPSA) is 22.0 Å². The van der Waals surface area contributed by atoms with Crippen molar-refractivity contribution in [1.29, 1.82) is 0 Å². The molecule has 0 fully saturated rings. The number of carbonyl (C=O) groups is 1. The second-order valence-electron chi connectivity index (χ2n) is 4.18.